The minimum Gasteiger partial charge on any atom is -0.0623 e. The molecular formula is C12H13. The molecule has 0 aliphatic carbocycles. The van der Waals surface area contributed by atoms with Crippen LogP contribution in [0.4, 0.5) is 0 Å². The van der Waals surface area contributed by atoms with E-state index in [0.29, 0.717) is 0 Å². The van der Waals surface area contributed by atoms with Crippen LogP contribution in [0.5, 0.6) is 0 Å². The van der Waals surface area contributed by atoms with E-state index in [-0.39, 0.29) is 0 Å². The molecule has 0 spiro atoms. The third-order valence-electron chi connectivity index (χ3n) is 1.79. The Morgan fingerprint density at radius 2 is 1.92 bits per heavy atom. The SMILES string of the molecule is [CH]=CC=Cc1ccc(CC)cc1. The number of allylic oxidation sites excluding steroid dienone is 2. The van der Waals surface area contributed by atoms with Gasteiger partial charge in [0, 0.05) is 0 Å². The highest BCUT2D eigenvalue weighted by Gasteiger charge is 1.87. The summed E-state index contributed by atoms with van der Waals surface area (Å²) in [5.41, 5.74) is 2.55. The van der Waals surface area contributed by atoms with Gasteiger partial charge in [0.2, 0.25) is 0 Å². The predicted octanol–water partition coefficient (Wildman–Crippen LogP) is 3.25. The van der Waals surface area contributed by atoms with Crippen LogP contribution in [0.15, 0.2) is 36.4 Å². The zero-order chi connectivity index (χ0) is 8.81. The van der Waals surface area contributed by atoms with Crippen LogP contribution in [0.25, 0.3) is 6.08 Å². The Morgan fingerprint density at radius 1 is 1.25 bits per heavy atom. The van der Waals surface area contributed by atoms with Crippen LogP contribution in [0.2, 0.25) is 0 Å². The lowest BCUT2D eigenvalue weighted by molar-refractivity contribution is 1.14. The minimum absolute atomic E-state index is 1.09. The van der Waals surface area contributed by atoms with Gasteiger partial charge in [0.25, 0.3) is 0 Å². The second-order valence-electron chi connectivity index (χ2n) is 2.65. The van der Waals surface area contributed by atoms with E-state index in [1.807, 2.05) is 12.2 Å². The largest absolute Gasteiger partial charge is 0.0623 e. The maximum atomic E-state index is 5.22. The Labute approximate surface area is 74.2 Å². The fraction of sp³-hybridized carbons (Fsp3) is 0.167. The number of rotatable bonds is 3. The van der Waals surface area contributed by atoms with Gasteiger partial charge in [0.1, 0.15) is 0 Å². The van der Waals surface area contributed by atoms with Crippen LogP contribution >= 0.6 is 0 Å². The zero-order valence-electron chi connectivity index (χ0n) is 7.33. The molecule has 0 unspecified atom stereocenters. The van der Waals surface area contributed by atoms with Gasteiger partial charge in [-0.1, -0.05) is 56.0 Å². The molecule has 0 atom stereocenters. The van der Waals surface area contributed by atoms with Crippen LogP contribution in [0.1, 0.15) is 18.1 Å². The number of aryl methyl sites for hydroxylation is 1. The van der Waals surface area contributed by atoms with Crippen LogP contribution in [0.3, 0.4) is 0 Å². The summed E-state index contributed by atoms with van der Waals surface area (Å²) < 4.78 is 0. The first-order valence-corrected chi connectivity index (χ1v) is 4.17. The van der Waals surface area contributed by atoms with Gasteiger partial charge in [0.15, 0.2) is 0 Å². The van der Waals surface area contributed by atoms with E-state index in [1.165, 1.54) is 17.2 Å². The lowest BCUT2D eigenvalue weighted by Crippen LogP contribution is -1.78. The van der Waals surface area contributed by atoms with Crippen molar-refractivity contribution in [3.8, 4) is 0 Å². The van der Waals surface area contributed by atoms with Gasteiger partial charge in [-0.2, -0.15) is 0 Å². The Balaban J connectivity index is 2.77. The van der Waals surface area contributed by atoms with Crippen LogP contribution in [-0.4, -0.2) is 0 Å². The fourth-order valence-corrected chi connectivity index (χ4v) is 1.03. The van der Waals surface area contributed by atoms with Crippen molar-refractivity contribution in [2.75, 3.05) is 0 Å². The lowest BCUT2D eigenvalue weighted by atomic mass is 10.1. The molecule has 1 radical (unpaired) electrons. The van der Waals surface area contributed by atoms with E-state index in [0.717, 1.165) is 6.42 Å². The summed E-state index contributed by atoms with van der Waals surface area (Å²) in [6, 6.07) is 8.46. The van der Waals surface area contributed by atoms with Crippen molar-refractivity contribution >= 4 is 6.08 Å². The van der Waals surface area contributed by atoms with E-state index in [4.69, 9.17) is 6.58 Å². The van der Waals surface area contributed by atoms with Crippen molar-refractivity contribution in [2.24, 2.45) is 0 Å². The summed E-state index contributed by atoms with van der Waals surface area (Å²) in [5.74, 6) is 0. The maximum absolute atomic E-state index is 5.22. The first-order chi connectivity index (χ1) is 5.86. The van der Waals surface area contributed by atoms with Crippen LogP contribution in [0, 0.1) is 6.58 Å². The lowest BCUT2D eigenvalue weighted by Gasteiger charge is -1.96. The van der Waals surface area contributed by atoms with E-state index in [1.54, 1.807) is 0 Å². The molecule has 0 heterocycles. The molecule has 0 nitrogen and oxygen atoms in total. The van der Waals surface area contributed by atoms with Crippen molar-refractivity contribution < 1.29 is 0 Å². The fourth-order valence-electron chi connectivity index (χ4n) is 1.03. The monoisotopic (exact) mass is 157 g/mol. The standard InChI is InChI=1S/C12H13/c1-3-5-6-12-9-7-11(4-2)8-10-12/h1,3,5-10H,4H2,2H3. The van der Waals surface area contributed by atoms with Crippen molar-refractivity contribution in [3.63, 3.8) is 0 Å². The average molecular weight is 157 g/mol. The second-order valence-corrected chi connectivity index (χ2v) is 2.65. The van der Waals surface area contributed by atoms with Crippen molar-refractivity contribution in [3.05, 3.63) is 54.1 Å². The third kappa shape index (κ3) is 2.39. The molecule has 0 aliphatic rings. The first kappa shape index (κ1) is 8.79. The molecule has 61 valence electrons. The quantitative estimate of drug-likeness (QED) is 0.591. The molecule has 1 aromatic rings. The Morgan fingerprint density at radius 3 is 2.42 bits per heavy atom. The smallest absolute Gasteiger partial charge is 0.0256 e. The highest BCUT2D eigenvalue weighted by molar-refractivity contribution is 5.51. The zero-order valence-corrected chi connectivity index (χ0v) is 7.33. The number of hydrogen-bond donors (Lipinski definition) is 0. The van der Waals surface area contributed by atoms with E-state index >= 15 is 0 Å². The average Bonchev–Trinajstić information content (AvgIpc) is 2.15. The van der Waals surface area contributed by atoms with E-state index in [9.17, 15) is 0 Å². The van der Waals surface area contributed by atoms with Crippen molar-refractivity contribution in [1.29, 1.82) is 0 Å². The van der Waals surface area contributed by atoms with Gasteiger partial charge >= 0.3 is 0 Å². The van der Waals surface area contributed by atoms with Gasteiger partial charge < -0.3 is 0 Å². The topological polar surface area (TPSA) is 0 Å². The van der Waals surface area contributed by atoms with Gasteiger partial charge in [-0.15, -0.1) is 0 Å². The molecular weight excluding hydrogens is 144 g/mol. The van der Waals surface area contributed by atoms with Gasteiger partial charge in [-0.3, -0.25) is 0 Å². The summed E-state index contributed by atoms with van der Waals surface area (Å²) in [7, 11) is 0. The Kier molecular flexibility index (Phi) is 3.34. The maximum Gasteiger partial charge on any atom is -0.0256 e. The molecule has 0 heteroatoms. The third-order valence-corrected chi connectivity index (χ3v) is 1.79. The summed E-state index contributed by atoms with van der Waals surface area (Å²) >= 11 is 0. The van der Waals surface area contributed by atoms with Crippen molar-refractivity contribution in [1.82, 2.24) is 0 Å². The molecule has 1 aromatic carbocycles. The predicted molar refractivity (Wildman–Crippen MR) is 53.7 cm³/mol. The number of benzene rings is 1. The second kappa shape index (κ2) is 4.55. The first-order valence-electron chi connectivity index (χ1n) is 4.17. The Hall–Kier alpha value is -1.30. The summed E-state index contributed by atoms with van der Waals surface area (Å²) in [5, 5.41) is 0. The molecule has 0 saturated heterocycles. The molecule has 0 amide bonds. The highest BCUT2D eigenvalue weighted by Crippen LogP contribution is 2.06. The normalized spacial score (nSPS) is 10.4. The minimum atomic E-state index is 1.09. The van der Waals surface area contributed by atoms with E-state index in [2.05, 4.69) is 31.2 Å². The van der Waals surface area contributed by atoms with Gasteiger partial charge in [0.05, 0.1) is 0 Å². The number of hydrogen-bond acceptors (Lipinski definition) is 0. The molecule has 0 fully saturated rings. The van der Waals surface area contributed by atoms with Gasteiger partial charge in [-0.25, -0.2) is 0 Å². The summed E-state index contributed by atoms with van der Waals surface area (Å²) in [4.78, 5) is 0. The summed E-state index contributed by atoms with van der Waals surface area (Å²) in [6.07, 6.45) is 6.45. The molecule has 0 bridgehead atoms. The van der Waals surface area contributed by atoms with E-state index < -0.39 is 0 Å². The Bertz CT molecular complexity index is 265. The molecule has 0 N–H and O–H groups in total. The van der Waals surface area contributed by atoms with Crippen LogP contribution in [-0.2, 0) is 6.42 Å². The molecule has 12 heavy (non-hydrogen) atoms. The van der Waals surface area contributed by atoms with Crippen LogP contribution < -0.4 is 0 Å². The summed E-state index contributed by atoms with van der Waals surface area (Å²) in [6.45, 7) is 7.37. The molecule has 0 aromatic heterocycles. The highest BCUT2D eigenvalue weighted by atomic mass is 13.9. The molecule has 0 aliphatic heterocycles. The molecule has 1 rings (SSSR count). The molecule has 0 saturated carbocycles. The van der Waals surface area contributed by atoms with Crippen molar-refractivity contribution in [2.45, 2.75) is 13.3 Å². The van der Waals surface area contributed by atoms with Gasteiger partial charge in [-0.05, 0) is 17.5 Å².